The Kier molecular flexibility index (Phi) is 4.31. The van der Waals surface area contributed by atoms with E-state index in [4.69, 9.17) is 0 Å². The Labute approximate surface area is 168 Å². The molecule has 1 fully saturated rings. The van der Waals surface area contributed by atoms with Crippen molar-refractivity contribution in [2.24, 2.45) is 0 Å². The summed E-state index contributed by atoms with van der Waals surface area (Å²) in [5.74, 6) is 0.670. The first-order valence-electron chi connectivity index (χ1n) is 10.4. The second-order valence-corrected chi connectivity index (χ2v) is 8.32. The number of nitrogens with zero attached hydrogens (tertiary/aromatic N) is 1. The Hall–Kier alpha value is -2.80. The monoisotopic (exact) mass is 365 g/mol. The minimum absolute atomic E-state index is 0.620. The largest absolute Gasteiger partial charge is 0.338 e. The molecule has 0 radical (unpaired) electrons. The van der Waals surface area contributed by atoms with Crippen molar-refractivity contribution in [3.05, 3.63) is 95.1 Å². The Morgan fingerprint density at radius 3 is 2.50 bits per heavy atom. The molecule has 3 aromatic carbocycles. The molecule has 1 heterocycles. The van der Waals surface area contributed by atoms with Crippen molar-refractivity contribution in [2.45, 2.75) is 45.1 Å². The van der Waals surface area contributed by atoms with Gasteiger partial charge in [0.25, 0.3) is 0 Å². The quantitative estimate of drug-likeness (QED) is 0.439. The molecule has 2 unspecified atom stereocenters. The van der Waals surface area contributed by atoms with Gasteiger partial charge in [0.2, 0.25) is 0 Å². The van der Waals surface area contributed by atoms with E-state index in [-0.39, 0.29) is 0 Å². The zero-order valence-electron chi connectivity index (χ0n) is 16.7. The van der Waals surface area contributed by atoms with Crippen LogP contribution in [0.3, 0.4) is 0 Å². The molecule has 0 aromatic heterocycles. The molecule has 140 valence electrons. The van der Waals surface area contributed by atoms with Crippen LogP contribution in [-0.4, -0.2) is 6.04 Å². The van der Waals surface area contributed by atoms with Gasteiger partial charge in [-0.2, -0.15) is 0 Å². The fourth-order valence-corrected chi connectivity index (χ4v) is 5.04. The van der Waals surface area contributed by atoms with Gasteiger partial charge in [-0.15, -0.1) is 0 Å². The standard InChI is InChI=1S/C27H27N/c1-19-11-14-22(15-12-19)20(2)17-21-13-16-27-25(18-21)24-9-6-10-26(24)28(27)23-7-4-3-5-8-23/h3-5,7-8,11-18,24,26H,6,9-10H2,1-2H3/b20-17+. The van der Waals surface area contributed by atoms with Crippen molar-refractivity contribution in [3.8, 4) is 0 Å². The molecule has 2 aliphatic rings. The number of para-hydroxylation sites is 1. The van der Waals surface area contributed by atoms with Gasteiger partial charge >= 0.3 is 0 Å². The molecule has 0 N–H and O–H groups in total. The minimum Gasteiger partial charge on any atom is -0.338 e. The van der Waals surface area contributed by atoms with E-state index in [1.807, 2.05) is 0 Å². The van der Waals surface area contributed by atoms with Gasteiger partial charge in [0, 0.05) is 23.3 Å². The molecule has 1 saturated carbocycles. The van der Waals surface area contributed by atoms with E-state index in [1.54, 1.807) is 0 Å². The summed E-state index contributed by atoms with van der Waals surface area (Å²) in [5, 5.41) is 0. The van der Waals surface area contributed by atoms with E-state index < -0.39 is 0 Å². The highest BCUT2D eigenvalue weighted by Gasteiger charge is 2.41. The second-order valence-electron chi connectivity index (χ2n) is 8.32. The first kappa shape index (κ1) is 17.3. The number of hydrogen-bond acceptors (Lipinski definition) is 1. The van der Waals surface area contributed by atoms with Gasteiger partial charge in [0.05, 0.1) is 0 Å². The zero-order chi connectivity index (χ0) is 19.1. The zero-order valence-corrected chi connectivity index (χ0v) is 16.7. The Morgan fingerprint density at radius 1 is 0.929 bits per heavy atom. The van der Waals surface area contributed by atoms with Crippen molar-refractivity contribution in [1.29, 1.82) is 0 Å². The van der Waals surface area contributed by atoms with Gasteiger partial charge in [0.15, 0.2) is 0 Å². The highest BCUT2D eigenvalue weighted by atomic mass is 15.2. The van der Waals surface area contributed by atoms with E-state index in [9.17, 15) is 0 Å². The van der Waals surface area contributed by atoms with Crippen LogP contribution in [0.5, 0.6) is 0 Å². The number of allylic oxidation sites excluding steroid dienone is 1. The summed E-state index contributed by atoms with van der Waals surface area (Å²) in [6.45, 7) is 4.35. The molecule has 1 nitrogen and oxygen atoms in total. The summed E-state index contributed by atoms with van der Waals surface area (Å²) in [7, 11) is 0. The predicted octanol–water partition coefficient (Wildman–Crippen LogP) is 7.34. The summed E-state index contributed by atoms with van der Waals surface area (Å²) in [6, 6.07) is 27.4. The predicted molar refractivity (Wildman–Crippen MR) is 120 cm³/mol. The van der Waals surface area contributed by atoms with Gasteiger partial charge in [-0.25, -0.2) is 0 Å². The fourth-order valence-electron chi connectivity index (χ4n) is 5.04. The maximum atomic E-state index is 2.59. The van der Waals surface area contributed by atoms with Crippen LogP contribution in [0.25, 0.3) is 11.6 Å². The average Bonchev–Trinajstić information content (AvgIpc) is 3.30. The molecule has 1 aliphatic heterocycles. The highest BCUT2D eigenvalue weighted by molar-refractivity contribution is 5.82. The van der Waals surface area contributed by atoms with E-state index >= 15 is 0 Å². The second kappa shape index (κ2) is 6.98. The normalized spacial score (nSPS) is 20.9. The van der Waals surface area contributed by atoms with Gasteiger partial charge in [-0.1, -0.05) is 66.6 Å². The molecular weight excluding hydrogens is 338 g/mol. The number of benzene rings is 3. The molecule has 0 amide bonds. The van der Waals surface area contributed by atoms with Crippen LogP contribution in [0, 0.1) is 6.92 Å². The van der Waals surface area contributed by atoms with Crippen molar-refractivity contribution in [1.82, 2.24) is 0 Å². The van der Waals surface area contributed by atoms with E-state index in [0.29, 0.717) is 12.0 Å². The lowest BCUT2D eigenvalue weighted by Gasteiger charge is -2.27. The number of hydrogen-bond donors (Lipinski definition) is 0. The molecular formula is C27H27N. The molecule has 0 saturated heterocycles. The van der Waals surface area contributed by atoms with E-state index in [0.717, 1.165) is 0 Å². The topological polar surface area (TPSA) is 3.24 Å². The smallest absolute Gasteiger partial charge is 0.0450 e. The SMILES string of the molecule is C/C(=C\c1ccc2c(c1)C1CCCC1N2c1ccccc1)c1ccc(C)cc1. The molecule has 5 rings (SSSR count). The Morgan fingerprint density at radius 2 is 1.71 bits per heavy atom. The third-order valence-corrected chi connectivity index (χ3v) is 6.45. The number of fused-ring (bicyclic) bond motifs is 3. The lowest BCUT2D eigenvalue weighted by molar-refractivity contribution is 0.642. The Bertz CT molecular complexity index is 1010. The van der Waals surface area contributed by atoms with Gasteiger partial charge in [0.1, 0.15) is 0 Å². The van der Waals surface area contributed by atoms with Crippen molar-refractivity contribution in [2.75, 3.05) is 4.90 Å². The first-order valence-corrected chi connectivity index (χ1v) is 10.4. The summed E-state index contributed by atoms with van der Waals surface area (Å²) in [4.78, 5) is 2.59. The van der Waals surface area contributed by atoms with E-state index in [2.05, 4.69) is 97.6 Å². The molecule has 0 bridgehead atoms. The number of aryl methyl sites for hydroxylation is 1. The first-order chi connectivity index (χ1) is 13.7. The molecule has 0 spiro atoms. The van der Waals surface area contributed by atoms with Gasteiger partial charge in [-0.3, -0.25) is 0 Å². The summed E-state index contributed by atoms with van der Waals surface area (Å²) >= 11 is 0. The summed E-state index contributed by atoms with van der Waals surface area (Å²) < 4.78 is 0. The minimum atomic E-state index is 0.620. The Balaban J connectivity index is 1.53. The van der Waals surface area contributed by atoms with Crippen molar-refractivity contribution >= 4 is 23.0 Å². The van der Waals surface area contributed by atoms with Crippen molar-refractivity contribution < 1.29 is 0 Å². The lowest BCUT2D eigenvalue weighted by atomic mass is 9.95. The number of anilines is 2. The van der Waals surface area contributed by atoms with Crippen LogP contribution < -0.4 is 4.90 Å². The molecule has 3 aromatic rings. The fraction of sp³-hybridized carbons (Fsp3) is 0.259. The average molecular weight is 366 g/mol. The molecule has 28 heavy (non-hydrogen) atoms. The molecule has 1 heteroatoms. The van der Waals surface area contributed by atoms with Crippen LogP contribution in [0.4, 0.5) is 11.4 Å². The maximum Gasteiger partial charge on any atom is 0.0450 e. The highest BCUT2D eigenvalue weighted by Crippen LogP contribution is 2.52. The maximum absolute atomic E-state index is 2.59. The molecule has 2 atom stereocenters. The van der Waals surface area contributed by atoms with E-state index in [1.165, 1.54) is 58.5 Å². The van der Waals surface area contributed by atoms with Crippen molar-refractivity contribution in [3.63, 3.8) is 0 Å². The number of rotatable bonds is 3. The van der Waals surface area contributed by atoms with Gasteiger partial charge in [-0.05, 0) is 73.2 Å². The lowest BCUT2D eigenvalue weighted by Crippen LogP contribution is -2.26. The van der Waals surface area contributed by atoms with Crippen LogP contribution in [0.2, 0.25) is 0 Å². The summed E-state index contributed by atoms with van der Waals surface area (Å²) in [6.07, 6.45) is 6.27. The van der Waals surface area contributed by atoms with Crippen LogP contribution in [-0.2, 0) is 0 Å². The summed E-state index contributed by atoms with van der Waals surface area (Å²) in [5.41, 5.74) is 9.52. The van der Waals surface area contributed by atoms with Crippen LogP contribution in [0.1, 0.15) is 54.4 Å². The van der Waals surface area contributed by atoms with Crippen LogP contribution >= 0.6 is 0 Å². The van der Waals surface area contributed by atoms with Crippen LogP contribution in [0.15, 0.2) is 72.8 Å². The third kappa shape index (κ3) is 2.96. The third-order valence-electron chi connectivity index (χ3n) is 6.45. The molecule has 1 aliphatic carbocycles. The van der Waals surface area contributed by atoms with Gasteiger partial charge < -0.3 is 4.90 Å².